The molecule has 1 aromatic rings. The van der Waals surface area contributed by atoms with Gasteiger partial charge in [0.15, 0.2) is 0 Å². The van der Waals surface area contributed by atoms with E-state index in [4.69, 9.17) is 6.42 Å². The average Bonchev–Trinajstić information content (AvgIpc) is 2.55. The summed E-state index contributed by atoms with van der Waals surface area (Å²) in [7, 11) is 8.50. The highest BCUT2D eigenvalue weighted by Gasteiger charge is 2.06. The summed E-state index contributed by atoms with van der Waals surface area (Å²) in [5.41, 5.74) is 3.16. The summed E-state index contributed by atoms with van der Waals surface area (Å²) in [6.45, 7) is 0.736. The SMILES string of the molecule is C#CCN(C)C.COC(=O)N(C)C.c1ccc2c(c1)CCCC2. The fourth-order valence-corrected chi connectivity index (χ4v) is 2.04. The minimum Gasteiger partial charge on any atom is -0.453 e. The number of hydrogen-bond acceptors (Lipinski definition) is 3. The third-order valence-electron chi connectivity index (χ3n) is 3.21. The predicted molar refractivity (Wildman–Crippen MR) is 96.6 cm³/mol. The summed E-state index contributed by atoms with van der Waals surface area (Å²) in [5, 5.41) is 0. The molecule has 0 bridgehead atoms. The molecule has 0 aromatic heterocycles. The summed E-state index contributed by atoms with van der Waals surface area (Å²) >= 11 is 0. The summed E-state index contributed by atoms with van der Waals surface area (Å²) in [4.78, 5) is 13.5. The molecule has 0 spiro atoms. The van der Waals surface area contributed by atoms with Crippen molar-refractivity contribution in [1.82, 2.24) is 9.80 Å². The molecule has 128 valence electrons. The van der Waals surface area contributed by atoms with Gasteiger partial charge in [0.25, 0.3) is 0 Å². The second-order valence-electron chi connectivity index (χ2n) is 5.78. The maximum atomic E-state index is 10.2. The van der Waals surface area contributed by atoms with Gasteiger partial charge in [-0.25, -0.2) is 4.79 Å². The van der Waals surface area contributed by atoms with Crippen LogP contribution < -0.4 is 0 Å². The quantitative estimate of drug-likeness (QED) is 0.746. The van der Waals surface area contributed by atoms with Crippen molar-refractivity contribution >= 4 is 6.09 Å². The Kier molecular flexibility index (Phi) is 11.5. The third-order valence-corrected chi connectivity index (χ3v) is 3.21. The lowest BCUT2D eigenvalue weighted by atomic mass is 9.92. The molecule has 23 heavy (non-hydrogen) atoms. The fraction of sp³-hybridized carbons (Fsp3) is 0.526. The Morgan fingerprint density at radius 3 is 1.83 bits per heavy atom. The number of amides is 1. The van der Waals surface area contributed by atoms with Crippen molar-refractivity contribution in [3.63, 3.8) is 0 Å². The Morgan fingerprint density at radius 1 is 1.13 bits per heavy atom. The molecule has 0 N–H and O–H groups in total. The monoisotopic (exact) mass is 318 g/mol. The summed E-state index contributed by atoms with van der Waals surface area (Å²) in [5.74, 6) is 2.49. The number of aryl methyl sites for hydroxylation is 2. The highest BCUT2D eigenvalue weighted by atomic mass is 16.5. The second kappa shape index (κ2) is 12.5. The Hall–Kier alpha value is -1.99. The van der Waals surface area contributed by atoms with E-state index in [1.165, 1.54) is 37.7 Å². The number of terminal acetylenes is 1. The van der Waals surface area contributed by atoms with Gasteiger partial charge in [-0.3, -0.25) is 4.90 Å². The molecule has 0 unspecified atom stereocenters. The van der Waals surface area contributed by atoms with Gasteiger partial charge in [-0.2, -0.15) is 0 Å². The minimum atomic E-state index is -0.319. The van der Waals surface area contributed by atoms with Crippen molar-refractivity contribution in [2.24, 2.45) is 0 Å². The molecule has 4 heteroatoms. The number of benzene rings is 1. The molecule has 2 rings (SSSR count). The van der Waals surface area contributed by atoms with Crippen LogP contribution in [0.2, 0.25) is 0 Å². The van der Waals surface area contributed by atoms with E-state index < -0.39 is 0 Å². The number of nitrogens with zero attached hydrogens (tertiary/aromatic N) is 2. The van der Waals surface area contributed by atoms with Crippen LogP contribution >= 0.6 is 0 Å². The highest BCUT2D eigenvalue weighted by Crippen LogP contribution is 2.19. The van der Waals surface area contributed by atoms with Crippen molar-refractivity contribution in [3.05, 3.63) is 35.4 Å². The molecule has 0 fully saturated rings. The first kappa shape index (κ1) is 21.0. The Labute approximate surface area is 141 Å². The van der Waals surface area contributed by atoms with Crippen molar-refractivity contribution in [1.29, 1.82) is 0 Å². The van der Waals surface area contributed by atoms with E-state index in [-0.39, 0.29) is 6.09 Å². The Morgan fingerprint density at radius 2 is 1.61 bits per heavy atom. The number of carbonyl (C=O) groups is 1. The molecular weight excluding hydrogens is 288 g/mol. The van der Waals surface area contributed by atoms with Crippen LogP contribution in [0.1, 0.15) is 24.0 Å². The lowest BCUT2D eigenvalue weighted by Gasteiger charge is -2.13. The van der Waals surface area contributed by atoms with Gasteiger partial charge >= 0.3 is 6.09 Å². The zero-order chi connectivity index (χ0) is 17.7. The molecule has 4 nitrogen and oxygen atoms in total. The molecule has 0 saturated heterocycles. The average molecular weight is 318 g/mol. The second-order valence-corrected chi connectivity index (χ2v) is 5.78. The molecular formula is C19H30N2O2. The van der Waals surface area contributed by atoms with Crippen molar-refractivity contribution < 1.29 is 9.53 Å². The maximum Gasteiger partial charge on any atom is 0.408 e. The van der Waals surface area contributed by atoms with Crippen LogP contribution in [0.25, 0.3) is 0 Å². The van der Waals surface area contributed by atoms with E-state index in [1.807, 2.05) is 19.0 Å². The standard InChI is InChI=1S/C10H12.C5H9N.C4H9NO2/c1-2-6-10-8-4-3-7-9(10)5-1;1-4-5-6(2)3;1-5(2)4(6)7-3/h1-2,5-6H,3-4,7-8H2;1H,5H2,2-3H3;1-3H3. The topological polar surface area (TPSA) is 32.8 Å². The van der Waals surface area contributed by atoms with E-state index in [2.05, 4.69) is 34.9 Å². The maximum absolute atomic E-state index is 10.2. The zero-order valence-corrected chi connectivity index (χ0v) is 15.1. The lowest BCUT2D eigenvalue weighted by Crippen LogP contribution is -2.20. The zero-order valence-electron chi connectivity index (χ0n) is 15.1. The molecule has 1 amide bonds. The van der Waals surface area contributed by atoms with Crippen LogP contribution in [0.4, 0.5) is 4.79 Å². The van der Waals surface area contributed by atoms with Crippen molar-refractivity contribution in [2.75, 3.05) is 41.8 Å². The van der Waals surface area contributed by atoms with E-state index >= 15 is 0 Å². The Balaban J connectivity index is 0.000000333. The number of hydrogen-bond donors (Lipinski definition) is 0. The van der Waals surface area contributed by atoms with Crippen LogP contribution in [0, 0.1) is 12.3 Å². The van der Waals surface area contributed by atoms with Crippen LogP contribution in [0.3, 0.4) is 0 Å². The molecule has 0 heterocycles. The lowest BCUT2D eigenvalue weighted by molar-refractivity contribution is 0.141. The van der Waals surface area contributed by atoms with E-state index in [0.29, 0.717) is 0 Å². The number of carbonyl (C=O) groups excluding carboxylic acids is 1. The van der Waals surface area contributed by atoms with Gasteiger partial charge in [-0.1, -0.05) is 30.2 Å². The molecule has 0 aliphatic heterocycles. The molecule has 1 aliphatic carbocycles. The van der Waals surface area contributed by atoms with Gasteiger partial charge in [-0.05, 0) is 50.9 Å². The molecule has 0 saturated carbocycles. The smallest absolute Gasteiger partial charge is 0.408 e. The number of fused-ring (bicyclic) bond motifs is 1. The Bertz CT molecular complexity index is 465. The van der Waals surface area contributed by atoms with Gasteiger partial charge in [0, 0.05) is 14.1 Å². The summed E-state index contributed by atoms with van der Waals surface area (Å²) in [6, 6.07) is 8.80. The van der Waals surface area contributed by atoms with Crippen LogP contribution in [0.15, 0.2) is 24.3 Å². The van der Waals surface area contributed by atoms with Gasteiger partial charge in [0.1, 0.15) is 0 Å². The van der Waals surface area contributed by atoms with Gasteiger partial charge in [0.05, 0.1) is 13.7 Å². The highest BCUT2D eigenvalue weighted by molar-refractivity contribution is 5.66. The number of ether oxygens (including phenoxy) is 1. The summed E-state index contributed by atoms with van der Waals surface area (Å²) in [6.07, 6.45) is 9.99. The number of methoxy groups -OCH3 is 1. The van der Waals surface area contributed by atoms with E-state index in [9.17, 15) is 4.79 Å². The normalized spacial score (nSPS) is 11.7. The molecule has 1 aromatic carbocycles. The largest absolute Gasteiger partial charge is 0.453 e. The van der Waals surface area contributed by atoms with E-state index in [1.54, 1.807) is 25.2 Å². The minimum absolute atomic E-state index is 0.319. The van der Waals surface area contributed by atoms with Gasteiger partial charge < -0.3 is 9.64 Å². The summed E-state index contributed by atoms with van der Waals surface area (Å²) < 4.78 is 4.30. The number of rotatable bonds is 1. The van der Waals surface area contributed by atoms with Crippen LogP contribution in [-0.2, 0) is 17.6 Å². The van der Waals surface area contributed by atoms with E-state index in [0.717, 1.165) is 6.54 Å². The predicted octanol–water partition coefficient (Wildman–Crippen LogP) is 3.06. The molecule has 0 radical (unpaired) electrons. The van der Waals surface area contributed by atoms with Crippen LogP contribution in [0.5, 0.6) is 0 Å². The third kappa shape index (κ3) is 10.4. The first-order chi connectivity index (χ1) is 10.9. The van der Waals surface area contributed by atoms with Crippen molar-refractivity contribution in [3.8, 4) is 12.3 Å². The first-order valence-electron chi connectivity index (χ1n) is 7.82. The van der Waals surface area contributed by atoms with Gasteiger partial charge in [-0.15, -0.1) is 6.42 Å². The van der Waals surface area contributed by atoms with Gasteiger partial charge in [0.2, 0.25) is 0 Å². The first-order valence-corrected chi connectivity index (χ1v) is 7.82. The van der Waals surface area contributed by atoms with Crippen LogP contribution in [-0.4, -0.2) is 57.7 Å². The molecule has 0 atom stereocenters. The van der Waals surface area contributed by atoms with Crippen molar-refractivity contribution in [2.45, 2.75) is 25.7 Å². The fourth-order valence-electron chi connectivity index (χ4n) is 2.04. The molecule has 1 aliphatic rings.